The van der Waals surface area contributed by atoms with Gasteiger partial charge in [0, 0.05) is 17.0 Å². The number of fused-ring (bicyclic) bond motifs is 1. The van der Waals surface area contributed by atoms with Gasteiger partial charge < -0.3 is 14.4 Å². The van der Waals surface area contributed by atoms with E-state index in [0.29, 0.717) is 29.7 Å². The maximum atomic E-state index is 13.0. The fourth-order valence-corrected chi connectivity index (χ4v) is 5.01. The van der Waals surface area contributed by atoms with Crippen LogP contribution >= 0.6 is 11.3 Å². The molecular formula is C19H22N2O4S. The molecule has 0 aromatic carbocycles. The molecule has 1 saturated heterocycles. The topological polar surface area (TPSA) is 83.6 Å². The van der Waals surface area contributed by atoms with Gasteiger partial charge in [-0.15, -0.1) is 0 Å². The zero-order chi connectivity index (χ0) is 18.3. The van der Waals surface area contributed by atoms with Crippen molar-refractivity contribution in [2.45, 2.75) is 57.5 Å². The van der Waals surface area contributed by atoms with Gasteiger partial charge in [0.15, 0.2) is 0 Å². The summed E-state index contributed by atoms with van der Waals surface area (Å²) in [5.74, 6) is 0.390. The van der Waals surface area contributed by atoms with Gasteiger partial charge in [-0.3, -0.25) is 4.79 Å². The Balaban J connectivity index is 1.56. The number of thiophene rings is 1. The molecule has 0 radical (unpaired) electrons. The predicted octanol–water partition coefficient (Wildman–Crippen LogP) is 3.50. The number of carbonyl (C=O) groups excluding carboxylic acids is 1. The van der Waals surface area contributed by atoms with Crippen LogP contribution in [0, 0.1) is 12.8 Å². The van der Waals surface area contributed by atoms with Crippen molar-refractivity contribution in [3.8, 4) is 11.5 Å². The highest BCUT2D eigenvalue weighted by atomic mass is 32.1. The molecule has 4 rings (SSSR count). The van der Waals surface area contributed by atoms with Gasteiger partial charge in [0.2, 0.25) is 11.8 Å². The molecule has 7 heteroatoms. The average Bonchev–Trinajstić information content (AvgIpc) is 3.33. The lowest BCUT2D eigenvalue weighted by Gasteiger charge is -2.33. The smallest absolute Gasteiger partial charge is 0.326 e. The first-order valence-corrected chi connectivity index (χ1v) is 10.0. The van der Waals surface area contributed by atoms with Crippen LogP contribution in [-0.2, 0) is 16.0 Å². The Labute approximate surface area is 155 Å². The molecule has 3 heterocycles. The van der Waals surface area contributed by atoms with Crippen molar-refractivity contribution < 1.29 is 19.1 Å². The second-order valence-corrected chi connectivity index (χ2v) is 7.99. The van der Waals surface area contributed by atoms with Crippen molar-refractivity contribution >= 4 is 23.2 Å². The van der Waals surface area contributed by atoms with Crippen LogP contribution in [0.3, 0.4) is 0 Å². The van der Waals surface area contributed by atoms with Crippen molar-refractivity contribution in [1.82, 2.24) is 9.88 Å². The number of nitrogens with zero attached hydrogens (tertiary/aromatic N) is 2. The maximum Gasteiger partial charge on any atom is 0.326 e. The first-order chi connectivity index (χ1) is 12.5. The van der Waals surface area contributed by atoms with Crippen LogP contribution in [0.25, 0.3) is 11.5 Å². The number of aromatic nitrogens is 1. The van der Waals surface area contributed by atoms with Gasteiger partial charge in [0.25, 0.3) is 0 Å². The van der Waals surface area contributed by atoms with E-state index in [9.17, 15) is 14.7 Å². The van der Waals surface area contributed by atoms with Gasteiger partial charge in [0.1, 0.15) is 11.8 Å². The monoisotopic (exact) mass is 374 g/mol. The summed E-state index contributed by atoms with van der Waals surface area (Å²) in [4.78, 5) is 30.8. The molecule has 0 spiro atoms. The number of rotatable bonds is 4. The molecular weight excluding hydrogens is 352 g/mol. The van der Waals surface area contributed by atoms with E-state index in [4.69, 9.17) is 4.42 Å². The van der Waals surface area contributed by atoms with Gasteiger partial charge >= 0.3 is 5.97 Å². The van der Waals surface area contributed by atoms with E-state index in [-0.39, 0.29) is 18.4 Å². The number of hydrogen-bond donors (Lipinski definition) is 1. The highest BCUT2D eigenvalue weighted by Gasteiger charge is 2.47. The molecule has 3 atom stereocenters. The molecule has 138 valence electrons. The lowest BCUT2D eigenvalue weighted by atomic mass is 9.84. The number of carboxylic acid groups (broad SMARTS) is 1. The van der Waals surface area contributed by atoms with Crippen molar-refractivity contribution in [1.29, 1.82) is 0 Å². The summed E-state index contributed by atoms with van der Waals surface area (Å²) in [5.41, 5.74) is 1.49. The summed E-state index contributed by atoms with van der Waals surface area (Å²) in [5, 5.41) is 13.5. The molecule has 6 nitrogen and oxygen atoms in total. The van der Waals surface area contributed by atoms with E-state index < -0.39 is 12.0 Å². The van der Waals surface area contributed by atoms with E-state index >= 15 is 0 Å². The summed E-state index contributed by atoms with van der Waals surface area (Å²) in [6.07, 6.45) is 4.77. The minimum atomic E-state index is -0.899. The van der Waals surface area contributed by atoms with Gasteiger partial charge in [-0.25, -0.2) is 9.78 Å². The Bertz CT molecular complexity index is 814. The molecule has 0 bridgehead atoms. The third-order valence-corrected chi connectivity index (χ3v) is 6.32. The van der Waals surface area contributed by atoms with Crippen molar-refractivity contribution in [2.24, 2.45) is 5.92 Å². The lowest BCUT2D eigenvalue weighted by molar-refractivity contribution is -0.149. The third kappa shape index (κ3) is 3.05. The predicted molar refractivity (Wildman–Crippen MR) is 96.9 cm³/mol. The van der Waals surface area contributed by atoms with E-state index in [1.165, 1.54) is 0 Å². The number of amides is 1. The Hall–Kier alpha value is -2.15. The van der Waals surface area contributed by atoms with Crippen LogP contribution in [0.1, 0.15) is 43.6 Å². The summed E-state index contributed by atoms with van der Waals surface area (Å²) in [6.45, 7) is 1.80. The van der Waals surface area contributed by atoms with Gasteiger partial charge in [-0.1, -0.05) is 12.8 Å². The van der Waals surface area contributed by atoms with Crippen LogP contribution in [-0.4, -0.2) is 39.0 Å². The second-order valence-electron chi connectivity index (χ2n) is 7.21. The van der Waals surface area contributed by atoms with Crippen LogP contribution in [0.4, 0.5) is 0 Å². The first-order valence-electron chi connectivity index (χ1n) is 9.07. The quantitative estimate of drug-likeness (QED) is 0.885. The van der Waals surface area contributed by atoms with E-state index in [0.717, 1.165) is 31.2 Å². The molecule has 1 aliphatic carbocycles. The summed E-state index contributed by atoms with van der Waals surface area (Å²) >= 11 is 1.56. The summed E-state index contributed by atoms with van der Waals surface area (Å²) in [7, 11) is 0. The molecule has 3 unspecified atom stereocenters. The standard InChI is InChI=1S/C19H22N2O4S/c1-11-14(20-18(25-11)13-6-7-26-10-13)9-17(22)21-15-5-3-2-4-12(15)8-16(21)19(23)24/h6-7,10,12,15-16H,2-5,8-9H2,1H3,(H,23,24). The van der Waals surface area contributed by atoms with Crippen molar-refractivity contribution in [3.63, 3.8) is 0 Å². The molecule has 2 aromatic rings. The molecule has 1 aliphatic heterocycles. The molecule has 2 aliphatic rings. The average molecular weight is 374 g/mol. The van der Waals surface area contributed by atoms with E-state index in [1.54, 1.807) is 23.2 Å². The highest BCUT2D eigenvalue weighted by molar-refractivity contribution is 7.08. The molecule has 1 amide bonds. The zero-order valence-electron chi connectivity index (χ0n) is 14.7. The number of carbonyl (C=O) groups is 2. The molecule has 1 saturated carbocycles. The molecule has 2 fully saturated rings. The van der Waals surface area contributed by atoms with Gasteiger partial charge in [-0.05, 0) is 43.6 Å². The Morgan fingerprint density at radius 2 is 2.19 bits per heavy atom. The fraction of sp³-hybridized carbons (Fsp3) is 0.526. The van der Waals surface area contributed by atoms with Gasteiger partial charge in [0.05, 0.1) is 12.1 Å². The number of aliphatic carboxylic acids is 1. The third-order valence-electron chi connectivity index (χ3n) is 5.64. The molecule has 26 heavy (non-hydrogen) atoms. The highest BCUT2D eigenvalue weighted by Crippen LogP contribution is 2.40. The van der Waals surface area contributed by atoms with Crippen molar-refractivity contribution in [3.05, 3.63) is 28.3 Å². The van der Waals surface area contributed by atoms with Crippen molar-refractivity contribution in [2.75, 3.05) is 0 Å². The minimum absolute atomic E-state index is 0.0564. The number of likely N-dealkylation sites (tertiary alicyclic amines) is 1. The maximum absolute atomic E-state index is 13.0. The Morgan fingerprint density at radius 3 is 2.92 bits per heavy atom. The Morgan fingerprint density at radius 1 is 1.38 bits per heavy atom. The fourth-order valence-electron chi connectivity index (χ4n) is 4.38. The van der Waals surface area contributed by atoms with E-state index in [2.05, 4.69) is 4.98 Å². The van der Waals surface area contributed by atoms with Crippen LogP contribution in [0.15, 0.2) is 21.2 Å². The van der Waals surface area contributed by atoms with Crippen LogP contribution in [0.5, 0.6) is 0 Å². The minimum Gasteiger partial charge on any atom is -0.480 e. The first kappa shape index (κ1) is 17.3. The SMILES string of the molecule is Cc1oc(-c2ccsc2)nc1CC(=O)N1C(C(=O)O)CC2CCCCC21. The summed E-state index contributed by atoms with van der Waals surface area (Å²) < 4.78 is 5.71. The number of oxazole rings is 1. The molecule has 1 N–H and O–H groups in total. The lowest BCUT2D eigenvalue weighted by Crippen LogP contribution is -2.47. The number of carboxylic acids is 1. The van der Waals surface area contributed by atoms with Crippen LogP contribution < -0.4 is 0 Å². The zero-order valence-corrected chi connectivity index (χ0v) is 15.5. The normalized spacial score (nSPS) is 25.3. The number of hydrogen-bond acceptors (Lipinski definition) is 5. The largest absolute Gasteiger partial charge is 0.480 e. The van der Waals surface area contributed by atoms with E-state index in [1.807, 2.05) is 16.8 Å². The second kappa shape index (κ2) is 6.87. The molecule has 2 aromatic heterocycles. The summed E-state index contributed by atoms with van der Waals surface area (Å²) in [6, 6.07) is 1.27. The number of aryl methyl sites for hydroxylation is 1. The van der Waals surface area contributed by atoms with Gasteiger partial charge in [-0.2, -0.15) is 11.3 Å². The van der Waals surface area contributed by atoms with Crippen LogP contribution in [0.2, 0.25) is 0 Å². The Kier molecular flexibility index (Phi) is 4.56.